The fraction of sp³-hybridized carbons (Fsp3) is 0.211. The van der Waals surface area contributed by atoms with E-state index in [1.165, 1.54) is 11.3 Å². The van der Waals surface area contributed by atoms with E-state index < -0.39 is 10.0 Å². The summed E-state index contributed by atoms with van der Waals surface area (Å²) in [7, 11) is -3.80. The molecule has 2 aromatic carbocycles. The van der Waals surface area contributed by atoms with Crippen LogP contribution in [0.4, 0.5) is 0 Å². The van der Waals surface area contributed by atoms with Gasteiger partial charge in [-0.2, -0.15) is 8.42 Å². The highest BCUT2D eigenvalue weighted by atomic mass is 32.2. The van der Waals surface area contributed by atoms with Gasteiger partial charge in [-0.05, 0) is 50.1 Å². The Kier molecular flexibility index (Phi) is 4.55. The van der Waals surface area contributed by atoms with E-state index in [0.29, 0.717) is 4.80 Å². The molecule has 3 aromatic rings. The largest absolute Gasteiger partial charge is 0.304 e. The smallest absolute Gasteiger partial charge is 0.285 e. The highest BCUT2D eigenvalue weighted by molar-refractivity contribution is 7.90. The van der Waals surface area contributed by atoms with Gasteiger partial charge in [0.1, 0.15) is 0 Å². The van der Waals surface area contributed by atoms with E-state index in [2.05, 4.69) is 16.4 Å². The third-order valence-electron chi connectivity index (χ3n) is 3.88. The van der Waals surface area contributed by atoms with Crippen molar-refractivity contribution < 1.29 is 8.42 Å². The molecule has 6 heteroatoms. The lowest BCUT2D eigenvalue weighted by Gasteiger charge is -2.03. The van der Waals surface area contributed by atoms with Gasteiger partial charge in [0.25, 0.3) is 10.0 Å². The summed E-state index contributed by atoms with van der Waals surface area (Å²) in [6.07, 6.45) is 5.49. The highest BCUT2D eigenvalue weighted by Crippen LogP contribution is 2.24. The van der Waals surface area contributed by atoms with E-state index in [4.69, 9.17) is 6.42 Å². The van der Waals surface area contributed by atoms with Crippen LogP contribution in [-0.4, -0.2) is 13.0 Å². The molecule has 0 amide bonds. The Morgan fingerprint density at radius 3 is 2.44 bits per heavy atom. The molecule has 0 saturated heterocycles. The minimum Gasteiger partial charge on any atom is -0.304 e. The summed E-state index contributed by atoms with van der Waals surface area (Å²) < 4.78 is 32.2. The number of aromatic nitrogens is 1. The summed E-state index contributed by atoms with van der Waals surface area (Å²) in [5.74, 6) is 2.59. The number of benzene rings is 2. The zero-order chi connectivity index (χ0) is 18.2. The number of terminal acetylenes is 1. The van der Waals surface area contributed by atoms with Crippen molar-refractivity contribution in [3.05, 3.63) is 57.9 Å². The van der Waals surface area contributed by atoms with Crippen molar-refractivity contribution in [3.8, 4) is 12.3 Å². The summed E-state index contributed by atoms with van der Waals surface area (Å²) in [6, 6.07) is 10.7. The quantitative estimate of drug-likeness (QED) is 0.662. The van der Waals surface area contributed by atoms with Crippen LogP contribution in [0.15, 0.2) is 45.7 Å². The molecular weight excluding hydrogens is 352 g/mol. The highest BCUT2D eigenvalue weighted by Gasteiger charge is 2.15. The summed E-state index contributed by atoms with van der Waals surface area (Å²) in [5.41, 5.74) is 4.09. The van der Waals surface area contributed by atoms with E-state index in [1.54, 1.807) is 28.8 Å². The maximum Gasteiger partial charge on any atom is 0.285 e. The van der Waals surface area contributed by atoms with Crippen molar-refractivity contribution in [2.45, 2.75) is 32.2 Å². The van der Waals surface area contributed by atoms with Crippen LogP contribution in [0.2, 0.25) is 0 Å². The minimum atomic E-state index is -3.80. The van der Waals surface area contributed by atoms with Crippen LogP contribution in [0.5, 0.6) is 0 Å². The molecule has 1 heterocycles. The first kappa shape index (κ1) is 17.5. The Morgan fingerprint density at radius 2 is 1.80 bits per heavy atom. The van der Waals surface area contributed by atoms with Gasteiger partial charge >= 0.3 is 0 Å². The van der Waals surface area contributed by atoms with Gasteiger partial charge in [-0.3, -0.25) is 0 Å². The van der Waals surface area contributed by atoms with Crippen molar-refractivity contribution in [1.82, 2.24) is 4.57 Å². The second-order valence-corrected chi connectivity index (χ2v) is 8.57. The molecule has 128 valence electrons. The van der Waals surface area contributed by atoms with Crippen LogP contribution in [-0.2, 0) is 16.6 Å². The first-order chi connectivity index (χ1) is 11.8. The number of sulfonamides is 1. The number of aryl methyl sites for hydroxylation is 3. The van der Waals surface area contributed by atoms with Gasteiger partial charge in [-0.25, -0.2) is 0 Å². The Balaban J connectivity index is 2.29. The molecule has 0 atom stereocenters. The normalized spacial score (nSPS) is 12.5. The fourth-order valence-corrected chi connectivity index (χ4v) is 4.97. The molecule has 0 fully saturated rings. The Labute approximate surface area is 151 Å². The maximum absolute atomic E-state index is 12.7. The number of rotatable bonds is 3. The van der Waals surface area contributed by atoms with Gasteiger partial charge in [-0.15, -0.1) is 10.8 Å². The van der Waals surface area contributed by atoms with Crippen LogP contribution in [0, 0.1) is 33.1 Å². The SMILES string of the molecule is C#CCn1c(=NS(=O)(=O)c2ccc(C)cc2)sc2c(C)cc(C)cc21. The van der Waals surface area contributed by atoms with Crippen LogP contribution < -0.4 is 4.80 Å². The van der Waals surface area contributed by atoms with Crippen molar-refractivity contribution in [1.29, 1.82) is 0 Å². The second-order valence-electron chi connectivity index (χ2n) is 5.98. The van der Waals surface area contributed by atoms with Crippen molar-refractivity contribution in [2.75, 3.05) is 0 Å². The molecule has 0 aliphatic carbocycles. The molecule has 0 saturated carbocycles. The average molecular weight is 370 g/mol. The fourth-order valence-electron chi connectivity index (χ4n) is 2.69. The maximum atomic E-state index is 12.7. The number of fused-ring (bicyclic) bond motifs is 1. The molecule has 0 N–H and O–H groups in total. The van der Waals surface area contributed by atoms with E-state index in [9.17, 15) is 8.42 Å². The molecule has 4 nitrogen and oxygen atoms in total. The molecule has 0 aliphatic rings. The molecule has 1 aromatic heterocycles. The van der Waals surface area contributed by atoms with Gasteiger partial charge < -0.3 is 4.57 Å². The van der Waals surface area contributed by atoms with E-state index in [0.717, 1.165) is 26.9 Å². The number of hydrogen-bond acceptors (Lipinski definition) is 3. The lowest BCUT2D eigenvalue weighted by Crippen LogP contribution is -2.16. The molecule has 0 spiro atoms. The summed E-state index contributed by atoms with van der Waals surface area (Å²) in [4.78, 5) is 0.568. The predicted molar refractivity (Wildman–Crippen MR) is 102 cm³/mol. The van der Waals surface area contributed by atoms with Gasteiger partial charge in [0, 0.05) is 0 Å². The van der Waals surface area contributed by atoms with E-state index >= 15 is 0 Å². The molecule has 0 aliphatic heterocycles. The topological polar surface area (TPSA) is 51.4 Å². The number of hydrogen-bond donors (Lipinski definition) is 0. The molecular formula is C19H18N2O2S2. The molecule has 0 radical (unpaired) electrons. The number of nitrogens with zero attached hydrogens (tertiary/aromatic N) is 2. The van der Waals surface area contributed by atoms with Gasteiger partial charge in [-0.1, -0.05) is 41.0 Å². The second kappa shape index (κ2) is 6.51. The zero-order valence-electron chi connectivity index (χ0n) is 14.3. The van der Waals surface area contributed by atoms with Gasteiger partial charge in [0.2, 0.25) is 4.80 Å². The lowest BCUT2D eigenvalue weighted by molar-refractivity contribution is 0.596. The lowest BCUT2D eigenvalue weighted by atomic mass is 10.1. The summed E-state index contributed by atoms with van der Waals surface area (Å²) in [6.45, 7) is 6.19. The van der Waals surface area contributed by atoms with Crippen molar-refractivity contribution in [2.24, 2.45) is 4.40 Å². The molecule has 0 bridgehead atoms. The Morgan fingerprint density at radius 1 is 1.12 bits per heavy atom. The predicted octanol–water partition coefficient (Wildman–Crippen LogP) is 3.55. The van der Waals surface area contributed by atoms with E-state index in [-0.39, 0.29) is 11.4 Å². The minimum absolute atomic E-state index is 0.177. The first-order valence-electron chi connectivity index (χ1n) is 7.73. The molecule has 0 unspecified atom stereocenters. The van der Waals surface area contributed by atoms with Crippen LogP contribution in [0.1, 0.15) is 16.7 Å². The van der Waals surface area contributed by atoms with Gasteiger partial charge in [0.05, 0.1) is 21.7 Å². The third-order valence-corrected chi connectivity index (χ3v) is 6.51. The Hall–Kier alpha value is -2.36. The average Bonchev–Trinajstić information content (AvgIpc) is 2.86. The third kappa shape index (κ3) is 3.39. The Bertz CT molecular complexity index is 1160. The van der Waals surface area contributed by atoms with Crippen LogP contribution >= 0.6 is 11.3 Å². The standard InChI is InChI=1S/C19H18N2O2S2/c1-5-10-21-17-12-14(3)11-15(4)18(17)24-19(21)20-25(22,23)16-8-6-13(2)7-9-16/h1,6-9,11-12H,10H2,2-4H3. The van der Waals surface area contributed by atoms with Crippen molar-refractivity contribution >= 4 is 31.6 Å². The van der Waals surface area contributed by atoms with Crippen LogP contribution in [0.25, 0.3) is 10.2 Å². The molecule has 25 heavy (non-hydrogen) atoms. The molecule has 3 rings (SSSR count). The summed E-state index contributed by atoms with van der Waals surface area (Å²) in [5, 5.41) is 0. The number of thiazole rings is 1. The van der Waals surface area contributed by atoms with Crippen molar-refractivity contribution in [3.63, 3.8) is 0 Å². The van der Waals surface area contributed by atoms with E-state index in [1.807, 2.05) is 26.8 Å². The first-order valence-corrected chi connectivity index (χ1v) is 9.99. The van der Waals surface area contributed by atoms with Gasteiger partial charge in [0.15, 0.2) is 0 Å². The van der Waals surface area contributed by atoms with Crippen LogP contribution in [0.3, 0.4) is 0 Å². The monoisotopic (exact) mass is 370 g/mol. The summed E-state index contributed by atoms with van der Waals surface area (Å²) >= 11 is 1.35. The zero-order valence-corrected chi connectivity index (χ0v) is 15.9.